The summed E-state index contributed by atoms with van der Waals surface area (Å²) in [4.78, 5) is 0. The number of ether oxygens (including phenoxy) is 2. The largest absolute Gasteiger partial charge is 0.496 e. The summed E-state index contributed by atoms with van der Waals surface area (Å²) in [5, 5.41) is 4.26. The van der Waals surface area contributed by atoms with Gasteiger partial charge in [0.25, 0.3) is 0 Å². The highest BCUT2D eigenvalue weighted by Gasteiger charge is 2.15. The summed E-state index contributed by atoms with van der Waals surface area (Å²) < 4.78 is 13.1. The molecule has 0 aliphatic heterocycles. The zero-order valence-corrected chi connectivity index (χ0v) is 12.3. The Kier molecular flexibility index (Phi) is 4.29. The van der Waals surface area contributed by atoms with Crippen LogP contribution >= 0.6 is 0 Å². The van der Waals surface area contributed by atoms with Crippen molar-refractivity contribution in [2.45, 2.75) is 32.9 Å². The van der Waals surface area contributed by atoms with Crippen molar-refractivity contribution in [2.24, 2.45) is 5.73 Å². The predicted octanol–water partition coefficient (Wildman–Crippen LogP) is 3.28. The molecule has 1 atom stereocenters. The van der Waals surface area contributed by atoms with Gasteiger partial charge in [-0.2, -0.15) is 5.10 Å². The van der Waals surface area contributed by atoms with Gasteiger partial charge >= 0.3 is 0 Å². The van der Waals surface area contributed by atoms with Crippen molar-refractivity contribution in [3.63, 3.8) is 0 Å². The molecule has 1 aromatic heterocycles. The minimum Gasteiger partial charge on any atom is -0.496 e. The summed E-state index contributed by atoms with van der Waals surface area (Å²) in [6.45, 7) is 6.04. The lowest BCUT2D eigenvalue weighted by Gasteiger charge is -2.16. The topological polar surface area (TPSA) is 62.3 Å². The number of benzene rings is 1. The van der Waals surface area contributed by atoms with Gasteiger partial charge in [0.15, 0.2) is 5.75 Å². The quantitative estimate of drug-likeness (QED) is 0.909. The Bertz CT molecular complexity index is 576. The Morgan fingerprint density at radius 3 is 2.45 bits per heavy atom. The fourth-order valence-electron chi connectivity index (χ4n) is 2.02. The summed E-state index contributed by atoms with van der Waals surface area (Å²) in [7, 11) is 1.63. The van der Waals surface area contributed by atoms with Crippen molar-refractivity contribution < 1.29 is 9.47 Å². The SMILES string of the molecule is COc1cccc(Oc2cnn(C(C)C)c2)c1C(C)N. The Morgan fingerprint density at radius 1 is 1.20 bits per heavy atom. The van der Waals surface area contributed by atoms with Crippen LogP contribution in [0.4, 0.5) is 0 Å². The van der Waals surface area contributed by atoms with Crippen LogP contribution < -0.4 is 15.2 Å². The van der Waals surface area contributed by atoms with Gasteiger partial charge < -0.3 is 15.2 Å². The second-order valence-electron chi connectivity index (χ2n) is 5.01. The molecule has 1 unspecified atom stereocenters. The van der Waals surface area contributed by atoms with Gasteiger partial charge in [-0.05, 0) is 32.9 Å². The molecule has 0 saturated carbocycles. The molecule has 2 rings (SSSR count). The third kappa shape index (κ3) is 2.93. The fourth-order valence-corrected chi connectivity index (χ4v) is 2.02. The van der Waals surface area contributed by atoms with E-state index in [2.05, 4.69) is 18.9 Å². The summed E-state index contributed by atoms with van der Waals surface area (Å²) in [6.07, 6.45) is 3.57. The van der Waals surface area contributed by atoms with Crippen LogP contribution in [-0.4, -0.2) is 16.9 Å². The third-order valence-corrected chi connectivity index (χ3v) is 3.04. The molecule has 1 heterocycles. The van der Waals surface area contributed by atoms with E-state index in [-0.39, 0.29) is 6.04 Å². The van der Waals surface area contributed by atoms with Gasteiger partial charge in [0, 0.05) is 12.1 Å². The number of aromatic nitrogens is 2. The monoisotopic (exact) mass is 275 g/mol. The molecule has 2 N–H and O–H groups in total. The molecule has 0 bridgehead atoms. The predicted molar refractivity (Wildman–Crippen MR) is 78.3 cm³/mol. The highest BCUT2D eigenvalue weighted by atomic mass is 16.5. The van der Waals surface area contributed by atoms with Crippen molar-refractivity contribution in [1.29, 1.82) is 0 Å². The van der Waals surface area contributed by atoms with E-state index >= 15 is 0 Å². The van der Waals surface area contributed by atoms with E-state index in [9.17, 15) is 0 Å². The number of nitrogens with two attached hydrogens (primary N) is 1. The number of hydrogen-bond donors (Lipinski definition) is 1. The van der Waals surface area contributed by atoms with Gasteiger partial charge in [-0.1, -0.05) is 6.07 Å². The Balaban J connectivity index is 2.32. The average molecular weight is 275 g/mol. The summed E-state index contributed by atoms with van der Waals surface area (Å²) in [5.74, 6) is 2.12. The molecular formula is C15H21N3O2. The molecule has 0 fully saturated rings. The van der Waals surface area contributed by atoms with Gasteiger partial charge in [-0.25, -0.2) is 0 Å². The van der Waals surface area contributed by atoms with E-state index in [0.29, 0.717) is 17.5 Å². The molecule has 5 nitrogen and oxygen atoms in total. The first-order chi connectivity index (χ1) is 9.52. The van der Waals surface area contributed by atoms with Crippen molar-refractivity contribution in [1.82, 2.24) is 9.78 Å². The maximum absolute atomic E-state index is 6.02. The third-order valence-electron chi connectivity index (χ3n) is 3.04. The molecule has 0 aliphatic carbocycles. The summed E-state index contributed by atoms with van der Waals surface area (Å²) >= 11 is 0. The molecule has 108 valence electrons. The van der Waals surface area contributed by atoms with E-state index in [1.807, 2.05) is 36.0 Å². The van der Waals surface area contributed by atoms with E-state index in [0.717, 1.165) is 11.3 Å². The van der Waals surface area contributed by atoms with Gasteiger partial charge in [0.1, 0.15) is 11.5 Å². The second kappa shape index (κ2) is 5.96. The van der Waals surface area contributed by atoms with E-state index in [1.165, 1.54) is 0 Å². The molecular weight excluding hydrogens is 254 g/mol. The van der Waals surface area contributed by atoms with Crippen molar-refractivity contribution in [3.05, 3.63) is 36.2 Å². The number of rotatable bonds is 5. The van der Waals surface area contributed by atoms with Gasteiger partial charge in [-0.15, -0.1) is 0 Å². The van der Waals surface area contributed by atoms with Gasteiger partial charge in [0.05, 0.1) is 25.1 Å². The summed E-state index contributed by atoms with van der Waals surface area (Å²) in [5.41, 5.74) is 6.87. The smallest absolute Gasteiger partial charge is 0.165 e. The standard InChI is InChI=1S/C15H21N3O2/c1-10(2)18-9-12(8-17-18)20-14-7-5-6-13(19-4)15(14)11(3)16/h5-11H,16H2,1-4H3. The fraction of sp³-hybridized carbons (Fsp3) is 0.400. The molecule has 20 heavy (non-hydrogen) atoms. The van der Waals surface area contributed by atoms with Crippen LogP contribution in [0.5, 0.6) is 17.2 Å². The van der Waals surface area contributed by atoms with Crippen molar-refractivity contribution in [2.75, 3.05) is 7.11 Å². The lowest BCUT2D eigenvalue weighted by Crippen LogP contribution is -2.08. The lowest BCUT2D eigenvalue weighted by atomic mass is 10.1. The van der Waals surface area contributed by atoms with E-state index < -0.39 is 0 Å². The van der Waals surface area contributed by atoms with Gasteiger partial charge in [0.2, 0.25) is 0 Å². The first-order valence-electron chi connectivity index (χ1n) is 6.67. The van der Waals surface area contributed by atoms with Crippen molar-refractivity contribution >= 4 is 0 Å². The minimum atomic E-state index is -0.179. The summed E-state index contributed by atoms with van der Waals surface area (Å²) in [6, 6.07) is 5.76. The van der Waals surface area contributed by atoms with Crippen LogP contribution in [0.25, 0.3) is 0 Å². The lowest BCUT2D eigenvalue weighted by molar-refractivity contribution is 0.397. The van der Waals surface area contributed by atoms with Crippen LogP contribution in [0.2, 0.25) is 0 Å². The molecule has 2 aromatic rings. The molecule has 1 aromatic carbocycles. The number of nitrogens with zero attached hydrogens (tertiary/aromatic N) is 2. The van der Waals surface area contributed by atoms with E-state index in [4.69, 9.17) is 15.2 Å². The normalized spacial score (nSPS) is 12.5. The molecule has 0 amide bonds. The van der Waals surface area contributed by atoms with Crippen LogP contribution in [-0.2, 0) is 0 Å². The van der Waals surface area contributed by atoms with Crippen LogP contribution in [0, 0.1) is 0 Å². The number of methoxy groups -OCH3 is 1. The highest BCUT2D eigenvalue weighted by molar-refractivity contribution is 5.48. The van der Waals surface area contributed by atoms with Gasteiger partial charge in [-0.3, -0.25) is 4.68 Å². The highest BCUT2D eigenvalue weighted by Crippen LogP contribution is 2.35. The average Bonchev–Trinajstić information content (AvgIpc) is 2.86. The molecule has 5 heteroatoms. The maximum Gasteiger partial charge on any atom is 0.165 e. The molecule has 0 radical (unpaired) electrons. The van der Waals surface area contributed by atoms with Crippen LogP contribution in [0.1, 0.15) is 38.4 Å². The van der Waals surface area contributed by atoms with Crippen molar-refractivity contribution in [3.8, 4) is 17.2 Å². The van der Waals surface area contributed by atoms with Crippen LogP contribution in [0.3, 0.4) is 0 Å². The zero-order chi connectivity index (χ0) is 14.7. The second-order valence-corrected chi connectivity index (χ2v) is 5.01. The minimum absolute atomic E-state index is 0.179. The number of hydrogen-bond acceptors (Lipinski definition) is 4. The Labute approximate surface area is 119 Å². The molecule has 0 aliphatic rings. The maximum atomic E-state index is 6.02. The first kappa shape index (κ1) is 14.4. The molecule has 0 spiro atoms. The first-order valence-corrected chi connectivity index (χ1v) is 6.67. The molecule has 0 saturated heterocycles. The Hall–Kier alpha value is -2.01. The van der Waals surface area contributed by atoms with Crippen LogP contribution in [0.15, 0.2) is 30.6 Å². The van der Waals surface area contributed by atoms with E-state index in [1.54, 1.807) is 13.3 Å². The Morgan fingerprint density at radius 2 is 1.90 bits per heavy atom. The zero-order valence-electron chi connectivity index (χ0n) is 12.3.